The van der Waals surface area contributed by atoms with Crippen LogP contribution >= 0.6 is 0 Å². The molecule has 0 aliphatic rings. The molecule has 1 aromatic heterocycles. The predicted molar refractivity (Wildman–Crippen MR) is 62.3 cm³/mol. The first-order valence-corrected chi connectivity index (χ1v) is 5.83. The molecule has 1 rings (SSSR count). The van der Waals surface area contributed by atoms with E-state index in [0.717, 1.165) is 19.3 Å². The average Bonchev–Trinajstić information content (AvgIpc) is 2.77. The summed E-state index contributed by atoms with van der Waals surface area (Å²) in [6.45, 7) is 3.90. The smallest absolute Gasteiger partial charge is 0.329 e. The van der Waals surface area contributed by atoms with E-state index in [9.17, 15) is 9.90 Å². The summed E-state index contributed by atoms with van der Waals surface area (Å²) in [5, 5.41) is 9.31. The molecule has 1 aromatic rings. The number of carboxylic acids is 1. The highest BCUT2D eigenvalue weighted by molar-refractivity contribution is 5.76. The lowest BCUT2D eigenvalue weighted by atomic mass is 9.94. The highest BCUT2D eigenvalue weighted by Gasteiger charge is 2.33. The summed E-state index contributed by atoms with van der Waals surface area (Å²) >= 11 is 0. The van der Waals surface area contributed by atoms with Crippen molar-refractivity contribution in [3.8, 4) is 0 Å². The van der Waals surface area contributed by atoms with Gasteiger partial charge in [0.1, 0.15) is 5.54 Å². The number of nitrogens with zero attached hydrogens (tertiary/aromatic N) is 2. The average molecular weight is 224 g/mol. The first-order chi connectivity index (χ1) is 7.61. The maximum atomic E-state index is 11.3. The van der Waals surface area contributed by atoms with Gasteiger partial charge in [0.05, 0.1) is 6.33 Å². The zero-order valence-corrected chi connectivity index (χ0v) is 10.0. The molecule has 0 aromatic carbocycles. The Morgan fingerprint density at radius 1 is 1.44 bits per heavy atom. The van der Waals surface area contributed by atoms with Crippen LogP contribution in [0.5, 0.6) is 0 Å². The second-order valence-corrected chi connectivity index (χ2v) is 4.36. The first-order valence-electron chi connectivity index (χ1n) is 5.83. The van der Waals surface area contributed by atoms with Crippen LogP contribution in [0.4, 0.5) is 0 Å². The first kappa shape index (κ1) is 12.7. The lowest BCUT2D eigenvalue weighted by Crippen LogP contribution is -2.38. The number of carbonyl (C=O) groups is 1. The van der Waals surface area contributed by atoms with Gasteiger partial charge in [-0.25, -0.2) is 9.78 Å². The van der Waals surface area contributed by atoms with E-state index in [0.29, 0.717) is 6.42 Å². The number of hydrogen-bond donors (Lipinski definition) is 1. The number of hydrogen-bond acceptors (Lipinski definition) is 2. The van der Waals surface area contributed by atoms with Crippen molar-refractivity contribution >= 4 is 5.97 Å². The molecule has 1 atom stereocenters. The van der Waals surface area contributed by atoms with Crippen molar-refractivity contribution in [1.82, 2.24) is 9.55 Å². The van der Waals surface area contributed by atoms with Crippen molar-refractivity contribution in [3.63, 3.8) is 0 Å². The van der Waals surface area contributed by atoms with E-state index in [1.165, 1.54) is 6.42 Å². The van der Waals surface area contributed by atoms with Gasteiger partial charge in [0.25, 0.3) is 0 Å². The molecule has 0 amide bonds. The molecule has 90 valence electrons. The molecular weight excluding hydrogens is 204 g/mol. The molecule has 1 unspecified atom stereocenters. The van der Waals surface area contributed by atoms with E-state index in [4.69, 9.17) is 0 Å². The summed E-state index contributed by atoms with van der Waals surface area (Å²) in [4.78, 5) is 15.2. The summed E-state index contributed by atoms with van der Waals surface area (Å²) in [7, 11) is 0. The van der Waals surface area contributed by atoms with Gasteiger partial charge >= 0.3 is 5.97 Å². The highest BCUT2D eigenvalue weighted by atomic mass is 16.4. The molecule has 1 heterocycles. The summed E-state index contributed by atoms with van der Waals surface area (Å²) < 4.78 is 1.68. The Labute approximate surface area is 96.3 Å². The van der Waals surface area contributed by atoms with E-state index < -0.39 is 11.5 Å². The zero-order chi connectivity index (χ0) is 12.0. The van der Waals surface area contributed by atoms with Crippen LogP contribution in [0.2, 0.25) is 0 Å². The van der Waals surface area contributed by atoms with Gasteiger partial charge in [-0.3, -0.25) is 0 Å². The Hall–Kier alpha value is -1.32. The SMILES string of the molecule is CCCCCCC(C)(C(=O)O)n1ccnc1. The van der Waals surface area contributed by atoms with Gasteiger partial charge in [-0.05, 0) is 13.3 Å². The Balaban J connectivity index is 2.63. The molecule has 0 aliphatic carbocycles. The molecule has 0 saturated carbocycles. The fraction of sp³-hybridized carbons (Fsp3) is 0.667. The lowest BCUT2D eigenvalue weighted by molar-refractivity contribution is -0.147. The topological polar surface area (TPSA) is 55.1 Å². The molecule has 0 bridgehead atoms. The van der Waals surface area contributed by atoms with E-state index in [1.807, 2.05) is 0 Å². The number of rotatable bonds is 7. The van der Waals surface area contributed by atoms with Crippen LogP contribution < -0.4 is 0 Å². The van der Waals surface area contributed by atoms with Gasteiger partial charge in [-0.1, -0.05) is 32.6 Å². The summed E-state index contributed by atoms with van der Waals surface area (Å²) in [5.41, 5.74) is -0.857. The monoisotopic (exact) mass is 224 g/mol. The second kappa shape index (κ2) is 5.68. The molecule has 0 radical (unpaired) electrons. The van der Waals surface area contributed by atoms with Crippen LogP contribution in [0.15, 0.2) is 18.7 Å². The van der Waals surface area contributed by atoms with Gasteiger partial charge in [-0.2, -0.15) is 0 Å². The van der Waals surface area contributed by atoms with Crippen molar-refractivity contribution in [2.75, 3.05) is 0 Å². The van der Waals surface area contributed by atoms with Gasteiger partial charge in [0, 0.05) is 12.4 Å². The fourth-order valence-electron chi connectivity index (χ4n) is 1.79. The maximum Gasteiger partial charge on any atom is 0.329 e. The fourth-order valence-corrected chi connectivity index (χ4v) is 1.79. The van der Waals surface area contributed by atoms with Crippen LogP contribution in [-0.2, 0) is 10.3 Å². The minimum Gasteiger partial charge on any atom is -0.479 e. The number of aromatic nitrogens is 2. The molecule has 4 nitrogen and oxygen atoms in total. The van der Waals surface area contributed by atoms with Crippen molar-refractivity contribution in [1.29, 1.82) is 0 Å². The summed E-state index contributed by atoms with van der Waals surface area (Å²) in [5.74, 6) is -0.790. The van der Waals surface area contributed by atoms with Crippen molar-refractivity contribution in [2.45, 2.75) is 51.5 Å². The molecule has 0 saturated heterocycles. The number of imidazole rings is 1. The summed E-state index contributed by atoms with van der Waals surface area (Å²) in [6.07, 6.45) is 9.92. The van der Waals surface area contributed by atoms with Gasteiger partial charge in [0.2, 0.25) is 0 Å². The van der Waals surface area contributed by atoms with Crippen LogP contribution in [0.1, 0.15) is 46.0 Å². The maximum absolute atomic E-state index is 11.3. The summed E-state index contributed by atoms with van der Waals surface area (Å²) in [6, 6.07) is 0. The molecule has 4 heteroatoms. The molecular formula is C12H20N2O2. The third-order valence-corrected chi connectivity index (χ3v) is 3.05. The van der Waals surface area contributed by atoms with Crippen molar-refractivity contribution in [2.24, 2.45) is 0 Å². The van der Waals surface area contributed by atoms with E-state index >= 15 is 0 Å². The molecule has 0 fully saturated rings. The van der Waals surface area contributed by atoms with Crippen LogP contribution in [0.3, 0.4) is 0 Å². The van der Waals surface area contributed by atoms with Crippen molar-refractivity contribution < 1.29 is 9.90 Å². The minimum atomic E-state index is -0.857. The number of carboxylic acid groups (broad SMARTS) is 1. The van der Waals surface area contributed by atoms with Crippen LogP contribution in [-0.4, -0.2) is 20.6 Å². The standard InChI is InChI=1S/C12H20N2O2/c1-3-4-5-6-7-12(2,11(15)16)14-9-8-13-10-14/h8-10H,3-7H2,1-2H3,(H,15,16). The normalized spacial score (nSPS) is 14.6. The van der Waals surface area contributed by atoms with Crippen LogP contribution in [0.25, 0.3) is 0 Å². The third kappa shape index (κ3) is 2.84. The molecule has 0 aliphatic heterocycles. The highest BCUT2D eigenvalue weighted by Crippen LogP contribution is 2.24. The quantitative estimate of drug-likeness (QED) is 0.724. The van der Waals surface area contributed by atoms with Gasteiger partial charge in [-0.15, -0.1) is 0 Å². The Bertz CT molecular complexity index is 322. The van der Waals surface area contributed by atoms with E-state index in [1.54, 1.807) is 30.2 Å². The number of aliphatic carboxylic acids is 1. The van der Waals surface area contributed by atoms with Crippen molar-refractivity contribution in [3.05, 3.63) is 18.7 Å². The predicted octanol–water partition coefficient (Wildman–Crippen LogP) is 2.65. The minimum absolute atomic E-state index is 0.651. The van der Waals surface area contributed by atoms with Crippen LogP contribution in [0, 0.1) is 0 Å². The zero-order valence-electron chi connectivity index (χ0n) is 10.0. The Morgan fingerprint density at radius 2 is 2.19 bits per heavy atom. The lowest BCUT2D eigenvalue weighted by Gasteiger charge is -2.26. The van der Waals surface area contributed by atoms with Gasteiger partial charge < -0.3 is 9.67 Å². The largest absolute Gasteiger partial charge is 0.479 e. The molecule has 16 heavy (non-hydrogen) atoms. The Morgan fingerprint density at radius 3 is 2.69 bits per heavy atom. The molecule has 1 N–H and O–H groups in total. The van der Waals surface area contributed by atoms with E-state index in [2.05, 4.69) is 11.9 Å². The second-order valence-electron chi connectivity index (χ2n) is 4.36. The van der Waals surface area contributed by atoms with E-state index in [-0.39, 0.29) is 0 Å². The Kier molecular flexibility index (Phi) is 4.52. The molecule has 0 spiro atoms. The van der Waals surface area contributed by atoms with Gasteiger partial charge in [0.15, 0.2) is 0 Å². The number of unbranched alkanes of at least 4 members (excludes halogenated alkanes) is 3. The third-order valence-electron chi connectivity index (χ3n) is 3.05.